The van der Waals surface area contributed by atoms with Crippen LogP contribution in [0.3, 0.4) is 0 Å². The van der Waals surface area contributed by atoms with Gasteiger partial charge in [0.2, 0.25) is 5.91 Å². The van der Waals surface area contributed by atoms with Gasteiger partial charge in [-0.2, -0.15) is 0 Å². The zero-order chi connectivity index (χ0) is 22.6. The van der Waals surface area contributed by atoms with Crippen molar-refractivity contribution in [1.29, 1.82) is 0 Å². The fourth-order valence-electron chi connectivity index (χ4n) is 8.77. The Kier molecular flexibility index (Phi) is 6.40. The van der Waals surface area contributed by atoms with Gasteiger partial charge in [0.25, 0.3) is 0 Å². The molecule has 4 aliphatic rings. The maximum atomic E-state index is 12.5. The van der Waals surface area contributed by atoms with Crippen molar-refractivity contribution in [2.45, 2.75) is 98.5 Å². The minimum absolute atomic E-state index is 0.130. The van der Waals surface area contributed by atoms with Crippen LogP contribution in [0.1, 0.15) is 92.4 Å². The first-order valence-corrected chi connectivity index (χ1v) is 13.1. The summed E-state index contributed by atoms with van der Waals surface area (Å²) < 4.78 is 6.16. The molecule has 0 aromatic carbocycles. The summed E-state index contributed by atoms with van der Waals surface area (Å²) in [4.78, 5) is 14.4. The maximum Gasteiger partial charge on any atom is 0.226 e. The summed E-state index contributed by atoms with van der Waals surface area (Å²) in [6.45, 7) is 12.3. The minimum Gasteiger partial charge on any atom is -0.377 e. The predicted octanol–water partition coefficient (Wildman–Crippen LogP) is 6.68. The number of ether oxygens (including phenoxy) is 1. The van der Waals surface area contributed by atoms with Crippen LogP contribution in [-0.4, -0.2) is 31.1 Å². The van der Waals surface area contributed by atoms with Crippen molar-refractivity contribution in [2.75, 3.05) is 14.2 Å². The van der Waals surface area contributed by atoms with E-state index in [0.717, 1.165) is 30.1 Å². The Hall–Kier alpha value is -0.830. The van der Waals surface area contributed by atoms with E-state index in [1.165, 1.54) is 50.6 Å². The van der Waals surface area contributed by atoms with E-state index >= 15 is 0 Å². The van der Waals surface area contributed by atoms with E-state index < -0.39 is 0 Å². The molecule has 2 saturated carbocycles. The molecule has 0 bridgehead atoms. The lowest BCUT2D eigenvalue weighted by molar-refractivity contribution is -0.141. The van der Waals surface area contributed by atoms with Crippen molar-refractivity contribution < 1.29 is 9.53 Å². The van der Waals surface area contributed by atoms with Crippen LogP contribution >= 0.6 is 0 Å². The quantitative estimate of drug-likeness (QED) is 0.471. The van der Waals surface area contributed by atoms with Crippen LogP contribution in [0.5, 0.6) is 0 Å². The topological polar surface area (TPSA) is 29.5 Å². The number of likely N-dealkylation sites (tertiary alicyclic amines) is 1. The van der Waals surface area contributed by atoms with Crippen molar-refractivity contribution in [3.8, 4) is 0 Å². The first-order chi connectivity index (χ1) is 14.6. The highest BCUT2D eigenvalue weighted by molar-refractivity contribution is 5.79. The molecular weight excluding hydrogens is 382 g/mol. The molecule has 3 fully saturated rings. The number of carbonyl (C=O) groups excluding carboxylic acids is 1. The molecule has 0 N–H and O–H groups in total. The van der Waals surface area contributed by atoms with Gasteiger partial charge in [0.15, 0.2) is 0 Å². The van der Waals surface area contributed by atoms with Crippen molar-refractivity contribution in [2.24, 2.45) is 46.3 Å². The lowest BCUT2D eigenvalue weighted by Gasteiger charge is -2.60. The van der Waals surface area contributed by atoms with Crippen LogP contribution in [0.4, 0.5) is 0 Å². The highest BCUT2D eigenvalue weighted by Crippen LogP contribution is 2.67. The summed E-state index contributed by atoms with van der Waals surface area (Å²) in [5.41, 5.74) is 1.83. The Morgan fingerprint density at radius 2 is 1.84 bits per heavy atom. The highest BCUT2D eigenvalue weighted by atomic mass is 16.5. The molecule has 0 radical (unpaired) electrons. The van der Waals surface area contributed by atoms with Crippen LogP contribution in [0.2, 0.25) is 0 Å². The molecule has 0 aromatic rings. The summed E-state index contributed by atoms with van der Waals surface area (Å²) >= 11 is 0. The first kappa shape index (κ1) is 23.3. The molecule has 0 aromatic heterocycles. The predicted molar refractivity (Wildman–Crippen MR) is 127 cm³/mol. The van der Waals surface area contributed by atoms with Crippen LogP contribution in [0.25, 0.3) is 0 Å². The van der Waals surface area contributed by atoms with Gasteiger partial charge in [0.1, 0.15) is 0 Å². The number of carbonyl (C=O) groups is 1. The average molecular weight is 430 g/mol. The van der Waals surface area contributed by atoms with Gasteiger partial charge in [-0.1, -0.05) is 53.9 Å². The summed E-state index contributed by atoms with van der Waals surface area (Å²) in [5, 5.41) is 0. The number of rotatable bonds is 6. The fourth-order valence-corrected chi connectivity index (χ4v) is 8.77. The van der Waals surface area contributed by atoms with Crippen LogP contribution in [-0.2, 0) is 9.53 Å². The molecule has 1 amide bonds. The molecule has 4 rings (SSSR count). The third-order valence-electron chi connectivity index (χ3n) is 10.5. The molecule has 1 aliphatic heterocycles. The van der Waals surface area contributed by atoms with E-state index in [9.17, 15) is 4.79 Å². The molecule has 8 atom stereocenters. The largest absolute Gasteiger partial charge is 0.377 e. The van der Waals surface area contributed by atoms with E-state index in [1.54, 1.807) is 0 Å². The molecule has 3 heteroatoms. The van der Waals surface area contributed by atoms with Gasteiger partial charge in [-0.15, -0.1) is 0 Å². The fraction of sp³-hybridized carbons (Fsp3) is 0.893. The van der Waals surface area contributed by atoms with Gasteiger partial charge in [0.05, 0.1) is 6.10 Å². The molecule has 3 aliphatic carbocycles. The van der Waals surface area contributed by atoms with Gasteiger partial charge >= 0.3 is 0 Å². The van der Waals surface area contributed by atoms with E-state index in [-0.39, 0.29) is 17.4 Å². The summed E-state index contributed by atoms with van der Waals surface area (Å²) in [6, 6.07) is 0. The van der Waals surface area contributed by atoms with Crippen LogP contribution in [0.15, 0.2) is 11.8 Å². The second kappa shape index (κ2) is 8.50. The molecule has 176 valence electrons. The minimum atomic E-state index is 0.130. The van der Waals surface area contributed by atoms with Crippen molar-refractivity contribution in [3.63, 3.8) is 0 Å². The SMILES string of the molecule is CO[C@H]1C=C2N(C)C(=O)CC[C@]2(C)[C@H]2CC[C@]3(C)[C@@H]([C@H](C)CCCC(C)C)CC[C@H]3[C@H]12. The zero-order valence-electron chi connectivity index (χ0n) is 21.2. The number of hydrogen-bond donors (Lipinski definition) is 0. The van der Waals surface area contributed by atoms with Gasteiger partial charge in [-0.05, 0) is 79.1 Å². The number of fused-ring (bicyclic) bond motifs is 5. The van der Waals surface area contributed by atoms with Gasteiger partial charge < -0.3 is 9.64 Å². The third kappa shape index (κ3) is 3.71. The second-order valence-electron chi connectivity index (χ2n) is 12.4. The first-order valence-electron chi connectivity index (χ1n) is 13.1. The number of methoxy groups -OCH3 is 1. The second-order valence-corrected chi connectivity index (χ2v) is 12.4. The summed E-state index contributed by atoms with van der Waals surface area (Å²) in [7, 11) is 3.87. The smallest absolute Gasteiger partial charge is 0.226 e. The normalized spacial score (nSPS) is 43.4. The zero-order valence-corrected chi connectivity index (χ0v) is 21.2. The summed E-state index contributed by atoms with van der Waals surface area (Å²) in [5.74, 6) is 4.78. The molecule has 0 unspecified atom stereocenters. The van der Waals surface area contributed by atoms with Gasteiger partial charge in [-0.3, -0.25) is 4.79 Å². The van der Waals surface area contributed by atoms with Crippen LogP contribution in [0, 0.1) is 46.3 Å². The van der Waals surface area contributed by atoms with E-state index in [4.69, 9.17) is 4.74 Å². The molecule has 1 heterocycles. The Morgan fingerprint density at radius 3 is 2.52 bits per heavy atom. The van der Waals surface area contributed by atoms with Gasteiger partial charge in [0, 0.05) is 31.7 Å². The number of hydrogen-bond acceptors (Lipinski definition) is 2. The standard InChI is InChI=1S/C28H47NO2/c1-18(2)9-8-10-19(3)20-11-12-21-26-22(13-15-27(20,21)4)28(5)16-14-25(30)29(6)24(28)17-23(26)31-7/h17-23,26H,8-16H2,1-7H3/t19-,20-,21+,22+,23+,26+,27-,28-/m1/s1. The Bertz CT molecular complexity index is 714. The number of piperidine rings is 1. The number of allylic oxidation sites excluding steroid dienone is 1. The van der Waals surface area contributed by atoms with Gasteiger partial charge in [-0.25, -0.2) is 0 Å². The summed E-state index contributed by atoms with van der Waals surface area (Å²) in [6.07, 6.45) is 13.8. The lowest BCUT2D eigenvalue weighted by atomic mass is 9.47. The average Bonchev–Trinajstić information content (AvgIpc) is 3.08. The van der Waals surface area contributed by atoms with Crippen LogP contribution < -0.4 is 0 Å². The third-order valence-corrected chi connectivity index (χ3v) is 10.5. The van der Waals surface area contributed by atoms with E-state index in [2.05, 4.69) is 40.7 Å². The monoisotopic (exact) mass is 429 g/mol. The van der Waals surface area contributed by atoms with E-state index in [0.29, 0.717) is 23.7 Å². The molecule has 31 heavy (non-hydrogen) atoms. The Labute approximate surface area is 191 Å². The molecule has 3 nitrogen and oxygen atoms in total. The molecule has 1 saturated heterocycles. The van der Waals surface area contributed by atoms with Crippen molar-refractivity contribution in [3.05, 3.63) is 11.8 Å². The van der Waals surface area contributed by atoms with Crippen molar-refractivity contribution >= 4 is 5.91 Å². The molecule has 0 spiro atoms. The Morgan fingerprint density at radius 1 is 1.10 bits per heavy atom. The Balaban J connectivity index is 1.60. The van der Waals surface area contributed by atoms with E-state index in [1.807, 2.05) is 19.1 Å². The number of nitrogens with zero attached hydrogens (tertiary/aromatic N) is 1. The maximum absolute atomic E-state index is 12.5. The number of amides is 1. The highest BCUT2D eigenvalue weighted by Gasteiger charge is 2.62. The molecular formula is C28H47NO2. The lowest BCUT2D eigenvalue weighted by Crippen LogP contribution is -2.57. The van der Waals surface area contributed by atoms with Crippen molar-refractivity contribution in [1.82, 2.24) is 4.90 Å².